The molecule has 4 rings (SSSR count). The summed E-state index contributed by atoms with van der Waals surface area (Å²) in [6, 6.07) is 17.3. The van der Waals surface area contributed by atoms with Crippen molar-refractivity contribution in [1.29, 1.82) is 0 Å². The molecule has 0 radical (unpaired) electrons. The van der Waals surface area contributed by atoms with Crippen LogP contribution in [0.5, 0.6) is 0 Å². The third-order valence-corrected chi connectivity index (χ3v) is 6.84. The number of carbonyl (C=O) groups excluding carboxylic acids is 2. The van der Waals surface area contributed by atoms with Gasteiger partial charge in [-0.25, -0.2) is 0 Å². The molecule has 1 atom stereocenters. The molecule has 0 bridgehead atoms. The summed E-state index contributed by atoms with van der Waals surface area (Å²) in [5, 5.41) is 6.47. The number of amides is 2. The summed E-state index contributed by atoms with van der Waals surface area (Å²) in [6.45, 7) is 2.20. The molecule has 1 aliphatic rings. The first kappa shape index (κ1) is 21.2. The molecule has 1 aliphatic carbocycles. The molecule has 0 unspecified atom stereocenters. The number of benzene rings is 2. The van der Waals surface area contributed by atoms with Crippen LogP contribution in [0.2, 0.25) is 0 Å². The van der Waals surface area contributed by atoms with Crippen LogP contribution in [-0.2, 0) is 12.8 Å². The Morgan fingerprint density at radius 2 is 1.74 bits per heavy atom. The Kier molecular flexibility index (Phi) is 6.15. The van der Waals surface area contributed by atoms with E-state index in [1.165, 1.54) is 16.2 Å². The van der Waals surface area contributed by atoms with Gasteiger partial charge in [-0.2, -0.15) is 0 Å². The van der Waals surface area contributed by atoms with Crippen molar-refractivity contribution in [2.45, 2.75) is 26.2 Å². The summed E-state index contributed by atoms with van der Waals surface area (Å²) < 4.78 is 0. The van der Waals surface area contributed by atoms with Gasteiger partial charge in [0.25, 0.3) is 11.8 Å². The Balaban J connectivity index is 1.45. The maximum Gasteiger partial charge on any atom is 0.257 e. The van der Waals surface area contributed by atoms with E-state index < -0.39 is 5.91 Å². The maximum absolute atomic E-state index is 12.6. The summed E-state index contributed by atoms with van der Waals surface area (Å²) in [5.41, 5.74) is 9.77. The molecule has 0 saturated carbocycles. The molecule has 4 N–H and O–H groups in total. The van der Waals surface area contributed by atoms with Gasteiger partial charge in [-0.05, 0) is 66.2 Å². The molecule has 0 spiro atoms. The zero-order valence-corrected chi connectivity index (χ0v) is 18.7. The fraction of sp³-hybridized carbons (Fsp3) is 0.208. The maximum atomic E-state index is 12.6. The third-order valence-electron chi connectivity index (χ3n) is 5.47. The molecule has 0 fully saturated rings. The van der Waals surface area contributed by atoms with Crippen LogP contribution >= 0.6 is 23.6 Å². The van der Waals surface area contributed by atoms with Crippen LogP contribution in [0.1, 0.15) is 44.5 Å². The number of anilines is 1. The lowest BCUT2D eigenvalue weighted by Gasteiger charge is -2.18. The number of nitrogens with one attached hydrogen (secondary N) is 2. The number of primary amides is 1. The van der Waals surface area contributed by atoms with Crippen LogP contribution in [0.25, 0.3) is 11.1 Å². The Labute approximate surface area is 190 Å². The average Bonchev–Trinajstić information content (AvgIpc) is 3.11. The minimum Gasteiger partial charge on any atom is -0.365 e. The lowest BCUT2D eigenvalue weighted by Crippen LogP contribution is -2.34. The summed E-state index contributed by atoms with van der Waals surface area (Å²) in [6.07, 6.45) is 2.79. The minimum atomic E-state index is -0.472. The highest BCUT2D eigenvalue weighted by Gasteiger charge is 2.27. The van der Waals surface area contributed by atoms with Crippen molar-refractivity contribution in [2.24, 2.45) is 11.7 Å². The molecule has 1 heterocycles. The van der Waals surface area contributed by atoms with E-state index in [0.717, 1.165) is 36.0 Å². The molecular weight excluding hydrogens is 426 g/mol. The summed E-state index contributed by atoms with van der Waals surface area (Å²) in [4.78, 5) is 25.9. The van der Waals surface area contributed by atoms with Gasteiger partial charge < -0.3 is 11.1 Å². The average molecular weight is 450 g/mol. The number of hydrogen-bond donors (Lipinski definition) is 3. The van der Waals surface area contributed by atoms with Crippen LogP contribution in [-0.4, -0.2) is 16.9 Å². The van der Waals surface area contributed by atoms with Gasteiger partial charge in [-0.1, -0.05) is 49.4 Å². The van der Waals surface area contributed by atoms with Gasteiger partial charge in [0.1, 0.15) is 5.00 Å². The first-order valence-electron chi connectivity index (χ1n) is 10.1. The zero-order chi connectivity index (χ0) is 22.0. The van der Waals surface area contributed by atoms with E-state index in [0.29, 0.717) is 22.0 Å². The van der Waals surface area contributed by atoms with Crippen molar-refractivity contribution in [3.63, 3.8) is 0 Å². The minimum absolute atomic E-state index is 0.145. The predicted octanol–water partition coefficient (Wildman–Crippen LogP) is 4.77. The smallest absolute Gasteiger partial charge is 0.257 e. The molecule has 31 heavy (non-hydrogen) atoms. The number of rotatable bonds is 4. The number of thiophene rings is 1. The first-order chi connectivity index (χ1) is 14.9. The normalized spacial score (nSPS) is 15.1. The Hall–Kier alpha value is -3.03. The molecule has 7 heteroatoms. The van der Waals surface area contributed by atoms with Gasteiger partial charge in [-0.15, -0.1) is 11.3 Å². The summed E-state index contributed by atoms with van der Waals surface area (Å²) in [5.74, 6) is -0.210. The number of fused-ring (bicyclic) bond motifs is 1. The van der Waals surface area contributed by atoms with Crippen LogP contribution in [0.15, 0.2) is 54.6 Å². The topological polar surface area (TPSA) is 84.2 Å². The van der Waals surface area contributed by atoms with Crippen molar-refractivity contribution in [1.82, 2.24) is 5.32 Å². The van der Waals surface area contributed by atoms with E-state index in [9.17, 15) is 9.59 Å². The lowest BCUT2D eigenvalue weighted by molar-refractivity contribution is 0.0975. The van der Waals surface area contributed by atoms with E-state index in [2.05, 4.69) is 17.6 Å². The van der Waals surface area contributed by atoms with Crippen molar-refractivity contribution in [2.75, 3.05) is 5.32 Å². The van der Waals surface area contributed by atoms with E-state index in [1.54, 1.807) is 12.1 Å². The standard InChI is InChI=1S/C24H23N3O2S2/c1-14-7-12-18-19(13-14)31-23(20(18)21(25)28)27-24(30)26-22(29)17-10-8-16(9-11-17)15-5-3-2-4-6-15/h2-6,8-11,14H,7,12-13H2,1H3,(H2,25,28)(H2,26,27,29,30)/t14-/m0/s1. The lowest BCUT2D eigenvalue weighted by atomic mass is 9.88. The molecular formula is C24H23N3O2S2. The van der Waals surface area contributed by atoms with Gasteiger partial charge in [0, 0.05) is 10.4 Å². The second-order valence-corrected chi connectivity index (χ2v) is 9.29. The predicted molar refractivity (Wildman–Crippen MR) is 130 cm³/mol. The van der Waals surface area contributed by atoms with Gasteiger partial charge in [0.2, 0.25) is 0 Å². The van der Waals surface area contributed by atoms with E-state index in [4.69, 9.17) is 18.0 Å². The van der Waals surface area contributed by atoms with Crippen LogP contribution < -0.4 is 16.4 Å². The van der Waals surface area contributed by atoms with E-state index >= 15 is 0 Å². The highest BCUT2D eigenvalue weighted by molar-refractivity contribution is 7.80. The monoisotopic (exact) mass is 449 g/mol. The molecule has 3 aromatic rings. The quantitative estimate of drug-likeness (QED) is 0.501. The Bertz CT molecular complexity index is 1140. The summed E-state index contributed by atoms with van der Waals surface area (Å²) >= 11 is 6.83. The van der Waals surface area contributed by atoms with Crippen LogP contribution in [0.4, 0.5) is 5.00 Å². The van der Waals surface area contributed by atoms with Crippen LogP contribution in [0, 0.1) is 5.92 Å². The molecule has 2 aromatic carbocycles. The van der Waals surface area contributed by atoms with Crippen molar-refractivity contribution < 1.29 is 9.59 Å². The molecule has 2 amide bonds. The molecule has 1 aromatic heterocycles. The first-order valence-corrected chi connectivity index (χ1v) is 11.4. The number of carbonyl (C=O) groups is 2. The second-order valence-electron chi connectivity index (χ2n) is 7.77. The highest BCUT2D eigenvalue weighted by atomic mass is 32.1. The third kappa shape index (κ3) is 4.68. The van der Waals surface area contributed by atoms with Crippen LogP contribution in [0.3, 0.4) is 0 Å². The van der Waals surface area contributed by atoms with Gasteiger partial charge in [0.15, 0.2) is 5.11 Å². The number of thiocarbonyl (C=S) groups is 1. The Morgan fingerprint density at radius 1 is 1.06 bits per heavy atom. The Morgan fingerprint density at radius 3 is 2.42 bits per heavy atom. The zero-order valence-electron chi connectivity index (χ0n) is 17.1. The summed E-state index contributed by atoms with van der Waals surface area (Å²) in [7, 11) is 0. The van der Waals surface area contributed by atoms with E-state index in [1.807, 2.05) is 42.5 Å². The van der Waals surface area contributed by atoms with E-state index in [-0.39, 0.29) is 11.0 Å². The van der Waals surface area contributed by atoms with Crippen molar-refractivity contribution in [3.05, 3.63) is 76.2 Å². The fourth-order valence-corrected chi connectivity index (χ4v) is 5.53. The second kappa shape index (κ2) is 8.99. The van der Waals surface area contributed by atoms with Crippen molar-refractivity contribution >= 4 is 45.5 Å². The molecule has 0 aliphatic heterocycles. The molecule has 158 valence electrons. The molecule has 0 saturated heterocycles. The van der Waals surface area contributed by atoms with Gasteiger partial charge in [0.05, 0.1) is 5.56 Å². The van der Waals surface area contributed by atoms with Gasteiger partial charge >= 0.3 is 0 Å². The largest absolute Gasteiger partial charge is 0.365 e. The highest BCUT2D eigenvalue weighted by Crippen LogP contribution is 2.39. The fourth-order valence-electron chi connectivity index (χ4n) is 3.85. The van der Waals surface area contributed by atoms with Gasteiger partial charge in [-0.3, -0.25) is 14.9 Å². The van der Waals surface area contributed by atoms with Crippen molar-refractivity contribution in [3.8, 4) is 11.1 Å². The SMILES string of the molecule is C[C@H]1CCc2c(sc(NC(=S)NC(=O)c3ccc(-c4ccccc4)cc3)c2C(N)=O)C1. The number of nitrogens with two attached hydrogens (primary N) is 1. The molecule has 5 nitrogen and oxygen atoms in total. The number of hydrogen-bond acceptors (Lipinski definition) is 4.